The summed E-state index contributed by atoms with van der Waals surface area (Å²) in [7, 11) is 0. The summed E-state index contributed by atoms with van der Waals surface area (Å²) in [6, 6.07) is 3.84. The molecule has 19 heavy (non-hydrogen) atoms. The molecule has 0 bridgehead atoms. The Morgan fingerprint density at radius 1 is 1.42 bits per heavy atom. The van der Waals surface area contributed by atoms with Crippen LogP contribution >= 0.6 is 11.6 Å². The fourth-order valence-electron chi connectivity index (χ4n) is 1.44. The van der Waals surface area contributed by atoms with Crippen molar-refractivity contribution >= 4 is 23.5 Å². The summed E-state index contributed by atoms with van der Waals surface area (Å²) in [6.45, 7) is 2.34. The van der Waals surface area contributed by atoms with Gasteiger partial charge in [0.15, 0.2) is 0 Å². The number of halogens is 2. The Morgan fingerprint density at radius 3 is 2.79 bits per heavy atom. The minimum atomic E-state index is -0.671. The second-order valence-electron chi connectivity index (χ2n) is 3.79. The number of nitrogens with one attached hydrogen (secondary N) is 1. The molecule has 1 aromatic rings. The van der Waals surface area contributed by atoms with Gasteiger partial charge < -0.3 is 10.1 Å². The van der Waals surface area contributed by atoms with Crippen LogP contribution in [0.5, 0.6) is 0 Å². The van der Waals surface area contributed by atoms with E-state index in [0.29, 0.717) is 13.0 Å². The highest BCUT2D eigenvalue weighted by atomic mass is 35.5. The van der Waals surface area contributed by atoms with E-state index in [1.807, 2.05) is 0 Å². The predicted octanol–water partition coefficient (Wildman–Crippen LogP) is 2.55. The number of rotatable bonds is 6. The van der Waals surface area contributed by atoms with Gasteiger partial charge in [-0.25, -0.2) is 4.39 Å². The van der Waals surface area contributed by atoms with Gasteiger partial charge in [0.2, 0.25) is 0 Å². The molecule has 0 atom stereocenters. The number of hydrogen-bond donors (Lipinski definition) is 1. The van der Waals surface area contributed by atoms with Gasteiger partial charge in [-0.15, -0.1) is 0 Å². The van der Waals surface area contributed by atoms with E-state index in [1.54, 1.807) is 6.92 Å². The maximum absolute atomic E-state index is 13.4. The second kappa shape index (κ2) is 7.74. The first-order valence-corrected chi connectivity index (χ1v) is 6.31. The third-order valence-electron chi connectivity index (χ3n) is 2.32. The topological polar surface area (TPSA) is 55.4 Å². The van der Waals surface area contributed by atoms with Crippen LogP contribution in [0, 0.1) is 5.82 Å². The van der Waals surface area contributed by atoms with Crippen LogP contribution in [0.25, 0.3) is 0 Å². The summed E-state index contributed by atoms with van der Waals surface area (Å²) >= 11 is 5.59. The lowest BCUT2D eigenvalue weighted by atomic mass is 10.2. The molecule has 0 heterocycles. The zero-order chi connectivity index (χ0) is 14.3. The SMILES string of the molecule is CCOC(=O)CCCNC(=O)c1ccc(Cl)cc1F. The standard InChI is InChI=1S/C13H15ClFNO3/c1-2-19-12(17)4-3-7-16-13(18)10-6-5-9(14)8-11(10)15/h5-6,8H,2-4,7H2,1H3,(H,16,18). The Labute approximate surface area is 115 Å². The van der Waals surface area contributed by atoms with Gasteiger partial charge in [0.1, 0.15) is 5.82 Å². The smallest absolute Gasteiger partial charge is 0.305 e. The van der Waals surface area contributed by atoms with Crippen LogP contribution in [0.4, 0.5) is 4.39 Å². The largest absolute Gasteiger partial charge is 0.466 e. The van der Waals surface area contributed by atoms with E-state index in [1.165, 1.54) is 12.1 Å². The summed E-state index contributed by atoms with van der Waals surface area (Å²) in [6.07, 6.45) is 0.664. The zero-order valence-electron chi connectivity index (χ0n) is 10.5. The van der Waals surface area contributed by atoms with Crippen LogP contribution in [0.1, 0.15) is 30.1 Å². The summed E-state index contributed by atoms with van der Waals surface area (Å²) in [4.78, 5) is 22.7. The van der Waals surface area contributed by atoms with Crippen LogP contribution in [0.2, 0.25) is 5.02 Å². The Bertz CT molecular complexity index is 465. The molecule has 0 unspecified atom stereocenters. The van der Waals surface area contributed by atoms with Crippen molar-refractivity contribution in [3.05, 3.63) is 34.6 Å². The average Bonchev–Trinajstić information content (AvgIpc) is 2.34. The molecule has 0 aliphatic heterocycles. The third kappa shape index (κ3) is 5.26. The van der Waals surface area contributed by atoms with Gasteiger partial charge in [-0.2, -0.15) is 0 Å². The number of benzene rings is 1. The van der Waals surface area contributed by atoms with Crippen LogP contribution in [0.3, 0.4) is 0 Å². The van der Waals surface area contributed by atoms with Gasteiger partial charge in [-0.3, -0.25) is 9.59 Å². The van der Waals surface area contributed by atoms with E-state index in [4.69, 9.17) is 16.3 Å². The van der Waals surface area contributed by atoms with E-state index in [9.17, 15) is 14.0 Å². The molecule has 0 radical (unpaired) electrons. The molecule has 6 heteroatoms. The quantitative estimate of drug-likeness (QED) is 0.646. The number of carbonyl (C=O) groups is 2. The van der Waals surface area contributed by atoms with Crippen molar-refractivity contribution in [1.82, 2.24) is 5.32 Å². The molecule has 1 aromatic carbocycles. The first kappa shape index (κ1) is 15.4. The van der Waals surface area contributed by atoms with Gasteiger partial charge in [0.25, 0.3) is 5.91 Å². The van der Waals surface area contributed by atoms with Crippen molar-refractivity contribution in [3.8, 4) is 0 Å². The lowest BCUT2D eigenvalue weighted by Crippen LogP contribution is -2.25. The van der Waals surface area contributed by atoms with E-state index in [-0.39, 0.29) is 29.5 Å². The normalized spacial score (nSPS) is 10.1. The van der Waals surface area contributed by atoms with Crippen LogP contribution in [0.15, 0.2) is 18.2 Å². The highest BCUT2D eigenvalue weighted by molar-refractivity contribution is 6.30. The summed E-state index contributed by atoms with van der Waals surface area (Å²) in [5.41, 5.74) is -0.0689. The molecule has 0 aliphatic carbocycles. The molecule has 104 valence electrons. The second-order valence-corrected chi connectivity index (χ2v) is 4.23. The number of ether oxygens (including phenoxy) is 1. The maximum Gasteiger partial charge on any atom is 0.305 e. The van der Waals surface area contributed by atoms with Gasteiger partial charge in [-0.1, -0.05) is 11.6 Å². The van der Waals surface area contributed by atoms with Gasteiger partial charge >= 0.3 is 5.97 Å². The van der Waals surface area contributed by atoms with E-state index < -0.39 is 11.7 Å². The van der Waals surface area contributed by atoms with Gasteiger partial charge in [0.05, 0.1) is 12.2 Å². The molecule has 0 aliphatic rings. The first-order chi connectivity index (χ1) is 9.04. The summed E-state index contributed by atoms with van der Waals surface area (Å²) < 4.78 is 18.2. The van der Waals surface area contributed by atoms with Gasteiger partial charge in [0, 0.05) is 18.0 Å². The number of esters is 1. The van der Waals surface area contributed by atoms with Crippen LogP contribution in [-0.4, -0.2) is 25.0 Å². The monoisotopic (exact) mass is 287 g/mol. The minimum absolute atomic E-state index is 0.0689. The molecule has 0 spiro atoms. The van der Waals surface area contributed by atoms with E-state index >= 15 is 0 Å². The summed E-state index contributed by atoms with van der Waals surface area (Å²) in [5.74, 6) is -1.51. The van der Waals surface area contributed by atoms with Crippen molar-refractivity contribution in [2.75, 3.05) is 13.2 Å². The highest BCUT2D eigenvalue weighted by Gasteiger charge is 2.11. The highest BCUT2D eigenvalue weighted by Crippen LogP contribution is 2.14. The Kier molecular flexibility index (Phi) is 6.29. The van der Waals surface area contributed by atoms with Crippen molar-refractivity contribution in [1.29, 1.82) is 0 Å². The molecular weight excluding hydrogens is 273 g/mol. The van der Waals surface area contributed by atoms with Gasteiger partial charge in [-0.05, 0) is 31.5 Å². The zero-order valence-corrected chi connectivity index (χ0v) is 11.3. The molecular formula is C13H15ClFNO3. The fourth-order valence-corrected chi connectivity index (χ4v) is 1.60. The minimum Gasteiger partial charge on any atom is -0.466 e. The lowest BCUT2D eigenvalue weighted by Gasteiger charge is -2.06. The molecule has 0 aromatic heterocycles. The molecule has 1 N–H and O–H groups in total. The number of hydrogen-bond acceptors (Lipinski definition) is 3. The molecule has 4 nitrogen and oxygen atoms in total. The number of amides is 1. The first-order valence-electron chi connectivity index (χ1n) is 5.93. The molecule has 0 saturated heterocycles. The molecule has 1 amide bonds. The van der Waals surface area contributed by atoms with E-state index in [2.05, 4.69) is 5.32 Å². The molecule has 0 saturated carbocycles. The lowest BCUT2D eigenvalue weighted by molar-refractivity contribution is -0.143. The fraction of sp³-hybridized carbons (Fsp3) is 0.385. The van der Waals surface area contributed by atoms with Crippen molar-refractivity contribution in [3.63, 3.8) is 0 Å². The Balaban J connectivity index is 2.37. The average molecular weight is 288 g/mol. The van der Waals surface area contributed by atoms with Crippen molar-refractivity contribution in [2.24, 2.45) is 0 Å². The Morgan fingerprint density at radius 2 is 2.16 bits per heavy atom. The Hall–Kier alpha value is -1.62. The molecule has 0 fully saturated rings. The predicted molar refractivity (Wildman–Crippen MR) is 69.6 cm³/mol. The van der Waals surface area contributed by atoms with Crippen LogP contribution in [-0.2, 0) is 9.53 Å². The number of carbonyl (C=O) groups excluding carboxylic acids is 2. The van der Waals surface area contributed by atoms with Crippen molar-refractivity contribution in [2.45, 2.75) is 19.8 Å². The molecule has 1 rings (SSSR count). The van der Waals surface area contributed by atoms with E-state index in [0.717, 1.165) is 6.07 Å². The summed E-state index contributed by atoms with van der Waals surface area (Å²) in [5, 5.41) is 2.76. The van der Waals surface area contributed by atoms with Crippen LogP contribution < -0.4 is 5.32 Å². The maximum atomic E-state index is 13.4. The third-order valence-corrected chi connectivity index (χ3v) is 2.56. The van der Waals surface area contributed by atoms with Crippen molar-refractivity contribution < 1.29 is 18.7 Å².